The SMILES string of the molecule is CN(c1ccc2c(c1)CC1=C2C=CCC1)c1ccc2c(c1)Cc1ccccc1-2. The van der Waals surface area contributed by atoms with Crippen LogP contribution in [0.15, 0.2) is 78.4 Å². The summed E-state index contributed by atoms with van der Waals surface area (Å²) in [5, 5.41) is 0. The second-order valence-electron chi connectivity index (χ2n) is 8.21. The third-order valence-electron chi connectivity index (χ3n) is 6.61. The summed E-state index contributed by atoms with van der Waals surface area (Å²) >= 11 is 0. The minimum Gasteiger partial charge on any atom is -0.345 e. The number of hydrogen-bond acceptors (Lipinski definition) is 1. The van der Waals surface area contributed by atoms with Gasteiger partial charge in [0.2, 0.25) is 0 Å². The number of fused-ring (bicyclic) bond motifs is 5. The topological polar surface area (TPSA) is 3.24 Å². The van der Waals surface area contributed by atoms with Crippen LogP contribution in [0.25, 0.3) is 16.7 Å². The van der Waals surface area contributed by atoms with Crippen LogP contribution in [0, 0.1) is 0 Å². The van der Waals surface area contributed by atoms with E-state index in [2.05, 4.69) is 84.8 Å². The predicted octanol–water partition coefficient (Wildman–Crippen LogP) is 6.69. The largest absolute Gasteiger partial charge is 0.345 e. The molecular formula is C27H23N. The second kappa shape index (κ2) is 5.97. The van der Waals surface area contributed by atoms with Crippen LogP contribution in [-0.2, 0) is 12.8 Å². The Morgan fingerprint density at radius 3 is 2.29 bits per heavy atom. The summed E-state index contributed by atoms with van der Waals surface area (Å²) in [6, 6.07) is 22.7. The number of allylic oxidation sites excluding steroid dienone is 4. The lowest BCUT2D eigenvalue weighted by Crippen LogP contribution is -2.10. The van der Waals surface area contributed by atoms with Crippen LogP contribution >= 0.6 is 0 Å². The van der Waals surface area contributed by atoms with Crippen molar-refractivity contribution >= 4 is 16.9 Å². The van der Waals surface area contributed by atoms with Gasteiger partial charge in [-0.3, -0.25) is 0 Å². The lowest BCUT2D eigenvalue weighted by molar-refractivity contribution is 0.935. The maximum absolute atomic E-state index is 2.39. The number of anilines is 2. The average Bonchev–Trinajstić information content (AvgIpc) is 3.30. The first-order chi connectivity index (χ1) is 13.8. The zero-order valence-corrected chi connectivity index (χ0v) is 16.2. The van der Waals surface area contributed by atoms with E-state index in [0.717, 1.165) is 12.8 Å². The van der Waals surface area contributed by atoms with E-state index in [9.17, 15) is 0 Å². The second-order valence-corrected chi connectivity index (χ2v) is 8.21. The molecule has 0 fully saturated rings. The molecule has 0 aromatic heterocycles. The Morgan fingerprint density at radius 1 is 0.714 bits per heavy atom. The average molecular weight is 361 g/mol. The third kappa shape index (κ3) is 2.32. The normalized spacial score (nSPS) is 15.9. The Bertz CT molecular complexity index is 1180. The molecule has 3 aliphatic carbocycles. The molecule has 0 N–H and O–H groups in total. The lowest BCUT2D eigenvalue weighted by Gasteiger charge is -2.21. The van der Waals surface area contributed by atoms with Gasteiger partial charge in [-0.25, -0.2) is 0 Å². The fourth-order valence-electron chi connectivity index (χ4n) is 5.09. The fraction of sp³-hybridized carbons (Fsp3) is 0.185. The summed E-state index contributed by atoms with van der Waals surface area (Å²) in [5.74, 6) is 0. The van der Waals surface area contributed by atoms with Gasteiger partial charge in [-0.1, -0.05) is 54.1 Å². The summed E-state index contributed by atoms with van der Waals surface area (Å²) in [6.07, 6.45) is 9.22. The summed E-state index contributed by atoms with van der Waals surface area (Å²) in [6.45, 7) is 0. The first-order valence-electron chi connectivity index (χ1n) is 10.2. The minimum atomic E-state index is 1.04. The van der Waals surface area contributed by atoms with Crippen molar-refractivity contribution in [1.29, 1.82) is 0 Å². The van der Waals surface area contributed by atoms with Crippen molar-refractivity contribution in [1.82, 2.24) is 0 Å². The van der Waals surface area contributed by atoms with Gasteiger partial charge in [-0.05, 0) is 88.9 Å². The maximum atomic E-state index is 2.39. The van der Waals surface area contributed by atoms with E-state index in [1.165, 1.54) is 63.2 Å². The van der Waals surface area contributed by atoms with E-state index in [1.54, 1.807) is 5.57 Å². The standard InChI is InChI=1S/C27H23N/c1-28(22-10-12-26-20(16-22)14-18-6-2-4-8-24(18)26)23-11-13-27-21(17-23)15-19-7-3-5-9-25(19)27/h2,4-6,8-13,16-17H,3,7,14-15H2,1H3. The van der Waals surface area contributed by atoms with Crippen LogP contribution in [0.5, 0.6) is 0 Å². The molecular weight excluding hydrogens is 338 g/mol. The van der Waals surface area contributed by atoms with Gasteiger partial charge in [0.1, 0.15) is 0 Å². The highest BCUT2D eigenvalue weighted by atomic mass is 15.1. The molecule has 6 rings (SSSR count). The Labute approximate surface area is 166 Å². The van der Waals surface area contributed by atoms with Crippen LogP contribution in [0.4, 0.5) is 11.4 Å². The van der Waals surface area contributed by atoms with Crippen LogP contribution in [-0.4, -0.2) is 7.05 Å². The first-order valence-corrected chi connectivity index (χ1v) is 10.2. The monoisotopic (exact) mass is 361 g/mol. The highest BCUT2D eigenvalue weighted by Crippen LogP contribution is 2.42. The molecule has 0 spiro atoms. The molecule has 1 nitrogen and oxygen atoms in total. The third-order valence-corrected chi connectivity index (χ3v) is 6.61. The fourth-order valence-corrected chi connectivity index (χ4v) is 5.09. The molecule has 136 valence electrons. The van der Waals surface area contributed by atoms with Crippen molar-refractivity contribution in [3.8, 4) is 11.1 Å². The van der Waals surface area contributed by atoms with E-state index in [-0.39, 0.29) is 0 Å². The van der Waals surface area contributed by atoms with Crippen molar-refractivity contribution in [2.45, 2.75) is 25.7 Å². The Kier molecular flexibility index (Phi) is 3.40. The molecule has 0 unspecified atom stereocenters. The predicted molar refractivity (Wildman–Crippen MR) is 118 cm³/mol. The van der Waals surface area contributed by atoms with Crippen molar-refractivity contribution < 1.29 is 0 Å². The van der Waals surface area contributed by atoms with Gasteiger partial charge in [0.05, 0.1) is 0 Å². The molecule has 3 aliphatic rings. The van der Waals surface area contributed by atoms with Crippen molar-refractivity contribution in [2.75, 3.05) is 11.9 Å². The highest BCUT2D eigenvalue weighted by molar-refractivity contribution is 5.85. The van der Waals surface area contributed by atoms with Gasteiger partial charge in [0, 0.05) is 18.4 Å². The van der Waals surface area contributed by atoms with Crippen LogP contribution in [0.2, 0.25) is 0 Å². The molecule has 0 radical (unpaired) electrons. The van der Waals surface area contributed by atoms with E-state index in [1.807, 2.05) is 0 Å². The summed E-state index contributed by atoms with van der Waals surface area (Å²) in [5.41, 5.74) is 14.2. The Hall–Kier alpha value is -3.06. The van der Waals surface area contributed by atoms with Gasteiger partial charge in [0.25, 0.3) is 0 Å². The van der Waals surface area contributed by atoms with Crippen molar-refractivity contribution in [2.24, 2.45) is 0 Å². The first kappa shape index (κ1) is 15.9. The molecule has 3 aromatic rings. The van der Waals surface area contributed by atoms with Crippen LogP contribution < -0.4 is 4.90 Å². The zero-order chi connectivity index (χ0) is 18.7. The van der Waals surface area contributed by atoms with Gasteiger partial charge < -0.3 is 4.90 Å². The van der Waals surface area contributed by atoms with Gasteiger partial charge in [-0.2, -0.15) is 0 Å². The van der Waals surface area contributed by atoms with Crippen molar-refractivity contribution in [3.05, 3.63) is 101 Å². The lowest BCUT2D eigenvalue weighted by atomic mass is 9.98. The summed E-state index contributed by atoms with van der Waals surface area (Å²) in [7, 11) is 2.19. The van der Waals surface area contributed by atoms with Gasteiger partial charge in [-0.15, -0.1) is 0 Å². The van der Waals surface area contributed by atoms with E-state index in [4.69, 9.17) is 0 Å². The van der Waals surface area contributed by atoms with Gasteiger partial charge in [0.15, 0.2) is 0 Å². The number of rotatable bonds is 2. The summed E-state index contributed by atoms with van der Waals surface area (Å²) < 4.78 is 0. The Balaban J connectivity index is 1.33. The molecule has 0 bridgehead atoms. The summed E-state index contributed by atoms with van der Waals surface area (Å²) in [4.78, 5) is 2.33. The molecule has 3 aromatic carbocycles. The Morgan fingerprint density at radius 2 is 1.43 bits per heavy atom. The highest BCUT2D eigenvalue weighted by Gasteiger charge is 2.23. The van der Waals surface area contributed by atoms with Gasteiger partial charge >= 0.3 is 0 Å². The van der Waals surface area contributed by atoms with E-state index in [0.29, 0.717) is 0 Å². The number of nitrogens with zero attached hydrogens (tertiary/aromatic N) is 1. The smallest absolute Gasteiger partial charge is 0.0411 e. The van der Waals surface area contributed by atoms with Crippen LogP contribution in [0.3, 0.4) is 0 Å². The minimum absolute atomic E-state index is 1.04. The molecule has 0 saturated carbocycles. The molecule has 1 heteroatoms. The molecule has 0 amide bonds. The van der Waals surface area contributed by atoms with E-state index >= 15 is 0 Å². The van der Waals surface area contributed by atoms with E-state index < -0.39 is 0 Å². The van der Waals surface area contributed by atoms with Crippen molar-refractivity contribution in [3.63, 3.8) is 0 Å². The molecule has 0 saturated heterocycles. The molecule has 0 heterocycles. The number of benzene rings is 3. The maximum Gasteiger partial charge on any atom is 0.0411 e. The number of hydrogen-bond donors (Lipinski definition) is 0. The molecule has 0 aliphatic heterocycles. The zero-order valence-electron chi connectivity index (χ0n) is 16.2. The quantitative estimate of drug-likeness (QED) is 0.385. The molecule has 28 heavy (non-hydrogen) atoms. The van der Waals surface area contributed by atoms with Crippen LogP contribution in [0.1, 0.15) is 35.1 Å². The molecule has 0 atom stereocenters.